The number of aromatic nitrogens is 1. The van der Waals surface area contributed by atoms with E-state index < -0.39 is 16.8 Å². The van der Waals surface area contributed by atoms with Crippen LogP contribution in [-0.4, -0.2) is 24.2 Å². The Kier molecular flexibility index (Phi) is 3.42. The molecule has 0 bridgehead atoms. The highest BCUT2D eigenvalue weighted by atomic mass is 32.1. The zero-order valence-electron chi connectivity index (χ0n) is 11.7. The Bertz CT molecular complexity index is 956. The first-order chi connectivity index (χ1) is 10.6. The number of ether oxygens (including phenoxy) is 1. The smallest absolute Gasteiger partial charge is 0.350 e. The normalized spacial score (nSPS) is 11.0. The maximum Gasteiger partial charge on any atom is 0.350 e. The van der Waals surface area contributed by atoms with Crippen molar-refractivity contribution in [2.45, 2.75) is 0 Å². The first-order valence-corrected chi connectivity index (χ1v) is 7.33. The van der Waals surface area contributed by atoms with Gasteiger partial charge in [0.05, 0.1) is 23.6 Å². The summed E-state index contributed by atoms with van der Waals surface area (Å²) in [5.74, 6) is 0.0245. The lowest BCUT2D eigenvalue weighted by atomic mass is 10.1. The van der Waals surface area contributed by atoms with Crippen molar-refractivity contribution >= 4 is 33.9 Å². The van der Waals surface area contributed by atoms with Crippen LogP contribution >= 0.6 is 11.3 Å². The van der Waals surface area contributed by atoms with E-state index in [1.54, 1.807) is 28.3 Å². The Balaban J connectivity index is 2.23. The van der Waals surface area contributed by atoms with Crippen LogP contribution in [0.4, 0.5) is 5.82 Å². The predicted octanol–water partition coefficient (Wildman–Crippen LogP) is 1.67. The van der Waals surface area contributed by atoms with E-state index in [1.165, 1.54) is 18.4 Å². The van der Waals surface area contributed by atoms with Crippen LogP contribution in [0.3, 0.4) is 0 Å². The summed E-state index contributed by atoms with van der Waals surface area (Å²) >= 11 is 1.23. The van der Waals surface area contributed by atoms with Gasteiger partial charge in [-0.05, 0) is 11.4 Å². The average Bonchev–Trinajstić information content (AvgIpc) is 3.13. The number of nitrogens with one attached hydrogen (secondary N) is 1. The lowest BCUT2D eigenvalue weighted by Crippen LogP contribution is -2.29. The highest BCUT2D eigenvalue weighted by Gasteiger charge is 2.24. The summed E-state index contributed by atoms with van der Waals surface area (Å²) in [4.78, 5) is 35.7. The molecule has 1 aromatic carbocycles. The van der Waals surface area contributed by atoms with Crippen LogP contribution in [-0.2, 0) is 4.74 Å². The Hall–Kier alpha value is -2.67. The quantitative estimate of drug-likeness (QED) is 0.440. The monoisotopic (exact) mass is 316 g/mol. The second kappa shape index (κ2) is 5.27. The van der Waals surface area contributed by atoms with Crippen LogP contribution in [0.2, 0.25) is 0 Å². The van der Waals surface area contributed by atoms with Crippen LogP contribution in [0.25, 0.3) is 16.5 Å². The van der Waals surface area contributed by atoms with E-state index in [4.69, 9.17) is 4.74 Å². The summed E-state index contributed by atoms with van der Waals surface area (Å²) in [6, 6.07) is 1.74. The van der Waals surface area contributed by atoms with E-state index in [-0.39, 0.29) is 0 Å². The van der Waals surface area contributed by atoms with Crippen molar-refractivity contribution in [2.75, 3.05) is 19.0 Å². The second-order valence-corrected chi connectivity index (χ2v) is 5.51. The summed E-state index contributed by atoms with van der Waals surface area (Å²) in [5.41, 5.74) is -0.459. The fourth-order valence-electron chi connectivity index (χ4n) is 2.35. The van der Waals surface area contributed by atoms with Crippen molar-refractivity contribution < 1.29 is 9.53 Å². The lowest BCUT2D eigenvalue weighted by Gasteiger charge is -2.10. The number of thiophene rings is 1. The van der Waals surface area contributed by atoms with Crippen LogP contribution in [0.1, 0.15) is 9.67 Å². The van der Waals surface area contributed by atoms with Gasteiger partial charge in [0, 0.05) is 12.7 Å². The van der Waals surface area contributed by atoms with Gasteiger partial charge in [-0.25, -0.2) is 4.79 Å². The third kappa shape index (κ3) is 1.90. The van der Waals surface area contributed by atoms with Gasteiger partial charge in [0.15, 0.2) is 0 Å². The number of esters is 1. The van der Waals surface area contributed by atoms with Crippen LogP contribution < -0.4 is 16.2 Å². The van der Waals surface area contributed by atoms with Crippen LogP contribution in [0.5, 0.6) is 0 Å². The molecule has 3 rings (SSSR count). The summed E-state index contributed by atoms with van der Waals surface area (Å²) in [6.07, 6.45) is 3.21. The van der Waals surface area contributed by atoms with Gasteiger partial charge in [-0.15, -0.1) is 17.9 Å². The van der Waals surface area contributed by atoms with Gasteiger partial charge in [-0.1, -0.05) is 6.08 Å². The average molecular weight is 316 g/mol. The fraction of sp³-hybridized carbons (Fsp3) is 0.133. The maximum atomic E-state index is 11.8. The molecule has 112 valence electrons. The molecular formula is C15H12N2O4S. The molecule has 0 amide bonds. The number of hydrogen-bond acceptors (Lipinski definition) is 6. The number of nitrogens with zero attached hydrogens (tertiary/aromatic N) is 1. The number of fused-ring (bicyclic) bond motifs is 1. The summed E-state index contributed by atoms with van der Waals surface area (Å²) in [5, 5.41) is 5.52. The second-order valence-electron chi connectivity index (χ2n) is 4.59. The van der Waals surface area contributed by atoms with Crippen LogP contribution in [0, 0.1) is 0 Å². The molecule has 2 aromatic heterocycles. The molecule has 0 spiro atoms. The van der Waals surface area contributed by atoms with E-state index in [9.17, 15) is 14.4 Å². The Morgan fingerprint density at radius 3 is 2.91 bits per heavy atom. The summed E-state index contributed by atoms with van der Waals surface area (Å²) in [7, 11) is 1.31. The zero-order chi connectivity index (χ0) is 15.9. The molecule has 7 heteroatoms. The van der Waals surface area contributed by atoms with E-state index in [0.29, 0.717) is 33.7 Å². The molecule has 0 fully saturated rings. The summed E-state index contributed by atoms with van der Waals surface area (Å²) < 4.78 is 6.40. The Morgan fingerprint density at radius 2 is 2.23 bits per heavy atom. The first-order valence-electron chi connectivity index (χ1n) is 6.45. The molecule has 0 aliphatic carbocycles. The zero-order valence-corrected chi connectivity index (χ0v) is 12.5. The number of carbonyl (C=O) groups excluding carboxylic acids is 1. The molecule has 0 radical (unpaired) electrons. The van der Waals surface area contributed by atoms with Crippen molar-refractivity contribution in [1.82, 2.24) is 4.57 Å². The molecule has 1 N–H and O–H groups in total. The number of carbonyl (C=O) groups is 1. The minimum absolute atomic E-state index is 0.355. The lowest BCUT2D eigenvalue weighted by molar-refractivity contribution is 0.0606. The largest absolute Gasteiger partial charge is 0.465 e. The topological polar surface area (TPSA) is 77.4 Å². The van der Waals surface area contributed by atoms with E-state index >= 15 is 0 Å². The van der Waals surface area contributed by atoms with Crippen molar-refractivity contribution in [3.05, 3.63) is 55.6 Å². The molecule has 0 atom stereocenters. The molecule has 0 unspecified atom stereocenters. The SMILES string of the molecule is C=CCNc1c2c(=O)c(=O)c2cn1-c1ccsc1C(=O)OC. The molecule has 0 saturated heterocycles. The van der Waals surface area contributed by atoms with Gasteiger partial charge in [-0.2, -0.15) is 0 Å². The van der Waals surface area contributed by atoms with E-state index in [1.807, 2.05) is 0 Å². The van der Waals surface area contributed by atoms with E-state index in [0.717, 1.165) is 0 Å². The standard InChI is InChI=1S/C15H12N2O4S/c1-3-5-16-14-10-8(11(18)12(10)19)7-17(14)9-4-6-22-13(9)15(20)21-2/h3-4,6-7,16H,1,5H2,2H3. The molecule has 2 heterocycles. The van der Waals surface area contributed by atoms with Crippen molar-refractivity contribution in [1.29, 1.82) is 0 Å². The Labute approximate surface area is 128 Å². The number of rotatable bonds is 5. The summed E-state index contributed by atoms with van der Waals surface area (Å²) in [6.45, 7) is 4.05. The highest BCUT2D eigenvalue weighted by molar-refractivity contribution is 7.12. The van der Waals surface area contributed by atoms with Gasteiger partial charge >= 0.3 is 5.97 Å². The molecule has 6 nitrogen and oxygen atoms in total. The van der Waals surface area contributed by atoms with Gasteiger partial charge in [-0.3, -0.25) is 9.59 Å². The van der Waals surface area contributed by atoms with Gasteiger partial charge < -0.3 is 14.6 Å². The number of anilines is 1. The molecule has 0 aliphatic heterocycles. The minimum atomic E-state index is -0.518. The predicted molar refractivity (Wildman–Crippen MR) is 86.1 cm³/mol. The first kappa shape index (κ1) is 14.3. The molecule has 0 saturated carbocycles. The van der Waals surface area contributed by atoms with Gasteiger partial charge in [0.2, 0.25) is 10.9 Å². The molecular weight excluding hydrogens is 304 g/mol. The number of methoxy groups -OCH3 is 1. The van der Waals surface area contributed by atoms with Crippen molar-refractivity contribution in [3.63, 3.8) is 0 Å². The molecule has 3 aromatic rings. The third-order valence-electron chi connectivity index (χ3n) is 3.37. The van der Waals surface area contributed by atoms with Crippen LogP contribution in [0.15, 0.2) is 39.9 Å². The van der Waals surface area contributed by atoms with Crippen molar-refractivity contribution in [3.8, 4) is 5.69 Å². The maximum absolute atomic E-state index is 11.8. The fourth-order valence-corrected chi connectivity index (χ4v) is 3.15. The third-order valence-corrected chi connectivity index (χ3v) is 4.26. The van der Waals surface area contributed by atoms with Gasteiger partial charge in [0.1, 0.15) is 10.7 Å². The number of hydrogen-bond donors (Lipinski definition) is 1. The highest BCUT2D eigenvalue weighted by Crippen LogP contribution is 2.30. The molecule has 0 aliphatic rings. The van der Waals surface area contributed by atoms with Gasteiger partial charge in [0.25, 0.3) is 0 Å². The molecule has 22 heavy (non-hydrogen) atoms. The minimum Gasteiger partial charge on any atom is -0.465 e. The van der Waals surface area contributed by atoms with E-state index in [2.05, 4.69) is 11.9 Å². The Morgan fingerprint density at radius 1 is 1.45 bits per heavy atom. The van der Waals surface area contributed by atoms with Crippen molar-refractivity contribution in [2.24, 2.45) is 0 Å².